The van der Waals surface area contributed by atoms with E-state index in [2.05, 4.69) is 5.32 Å². The second-order valence-electron chi connectivity index (χ2n) is 6.13. The van der Waals surface area contributed by atoms with Gasteiger partial charge in [0.2, 0.25) is 11.8 Å². The van der Waals surface area contributed by atoms with Crippen molar-refractivity contribution in [2.75, 3.05) is 13.2 Å². The van der Waals surface area contributed by atoms with Gasteiger partial charge in [0.1, 0.15) is 11.6 Å². The van der Waals surface area contributed by atoms with Gasteiger partial charge in [0, 0.05) is 6.61 Å². The topological polar surface area (TPSA) is 58.6 Å². The molecule has 5 heteroatoms. The summed E-state index contributed by atoms with van der Waals surface area (Å²) in [5.74, 6) is 0.397. The number of carbonyl (C=O) groups excluding carboxylic acids is 2. The monoisotopic (exact) mass is 252 g/mol. The van der Waals surface area contributed by atoms with Gasteiger partial charge in [-0.1, -0.05) is 0 Å². The zero-order valence-corrected chi connectivity index (χ0v) is 10.9. The van der Waals surface area contributed by atoms with Crippen molar-refractivity contribution in [1.82, 2.24) is 10.2 Å². The molecule has 100 valence electrons. The molecule has 1 aliphatic carbocycles. The van der Waals surface area contributed by atoms with Crippen molar-refractivity contribution >= 4 is 11.8 Å². The van der Waals surface area contributed by atoms with E-state index < -0.39 is 5.54 Å². The van der Waals surface area contributed by atoms with Gasteiger partial charge in [-0.25, -0.2) is 0 Å². The van der Waals surface area contributed by atoms with E-state index in [-0.39, 0.29) is 23.9 Å². The number of hydrogen-bond donors (Lipinski definition) is 1. The Morgan fingerprint density at radius 3 is 2.56 bits per heavy atom. The number of hydrogen-bond acceptors (Lipinski definition) is 3. The smallest absolute Gasteiger partial charge is 0.248 e. The van der Waals surface area contributed by atoms with E-state index in [0.29, 0.717) is 19.1 Å². The summed E-state index contributed by atoms with van der Waals surface area (Å²) >= 11 is 0. The number of nitrogens with zero attached hydrogens (tertiary/aromatic N) is 1. The Kier molecular flexibility index (Phi) is 2.62. The minimum atomic E-state index is -0.787. The lowest BCUT2D eigenvalue weighted by Gasteiger charge is -2.45. The zero-order valence-electron chi connectivity index (χ0n) is 10.9. The molecule has 2 amide bonds. The third kappa shape index (κ3) is 1.81. The molecule has 0 aromatic rings. The van der Waals surface area contributed by atoms with Crippen molar-refractivity contribution in [3.63, 3.8) is 0 Å². The molecule has 5 nitrogen and oxygen atoms in total. The minimum Gasteiger partial charge on any atom is -0.379 e. The van der Waals surface area contributed by atoms with E-state index in [1.165, 1.54) is 0 Å². The maximum absolute atomic E-state index is 12.6. The molecule has 2 saturated heterocycles. The predicted molar refractivity (Wildman–Crippen MR) is 64.8 cm³/mol. The first-order valence-electron chi connectivity index (χ1n) is 6.73. The largest absolute Gasteiger partial charge is 0.379 e. The summed E-state index contributed by atoms with van der Waals surface area (Å²) in [4.78, 5) is 26.7. The lowest BCUT2D eigenvalue weighted by atomic mass is 9.92. The molecule has 3 fully saturated rings. The SMILES string of the molecule is CC1(C)NC(=O)C(C2CC2)N(C2CCOC2)C1=O. The van der Waals surface area contributed by atoms with E-state index in [9.17, 15) is 9.59 Å². The Bertz CT molecular complexity index is 384. The maximum atomic E-state index is 12.6. The van der Waals surface area contributed by atoms with Crippen LogP contribution in [0.4, 0.5) is 0 Å². The number of rotatable bonds is 2. The van der Waals surface area contributed by atoms with Crippen LogP contribution in [-0.4, -0.2) is 47.6 Å². The van der Waals surface area contributed by atoms with Crippen LogP contribution >= 0.6 is 0 Å². The molecule has 0 aromatic heterocycles. The molecule has 3 aliphatic rings. The quantitative estimate of drug-likeness (QED) is 0.768. The average Bonchev–Trinajstić information content (AvgIpc) is 2.97. The highest BCUT2D eigenvalue weighted by Gasteiger charge is 2.53. The number of carbonyl (C=O) groups is 2. The van der Waals surface area contributed by atoms with E-state index in [4.69, 9.17) is 4.74 Å². The summed E-state index contributed by atoms with van der Waals surface area (Å²) in [5.41, 5.74) is -0.787. The summed E-state index contributed by atoms with van der Waals surface area (Å²) in [6, 6.07) is -0.189. The molecule has 0 bridgehead atoms. The fourth-order valence-corrected chi connectivity index (χ4v) is 3.00. The maximum Gasteiger partial charge on any atom is 0.248 e. The van der Waals surface area contributed by atoms with Gasteiger partial charge in [-0.3, -0.25) is 9.59 Å². The first-order valence-corrected chi connectivity index (χ1v) is 6.73. The molecule has 18 heavy (non-hydrogen) atoms. The van der Waals surface area contributed by atoms with Crippen molar-refractivity contribution in [1.29, 1.82) is 0 Å². The molecule has 2 unspecified atom stereocenters. The van der Waals surface area contributed by atoms with Gasteiger partial charge in [0.15, 0.2) is 0 Å². The van der Waals surface area contributed by atoms with Gasteiger partial charge in [-0.15, -0.1) is 0 Å². The van der Waals surface area contributed by atoms with E-state index in [0.717, 1.165) is 19.3 Å². The van der Waals surface area contributed by atoms with Crippen LogP contribution in [0.15, 0.2) is 0 Å². The summed E-state index contributed by atoms with van der Waals surface area (Å²) < 4.78 is 5.38. The Morgan fingerprint density at radius 1 is 1.28 bits per heavy atom. The van der Waals surface area contributed by atoms with Gasteiger partial charge < -0.3 is 15.0 Å². The summed E-state index contributed by atoms with van der Waals surface area (Å²) in [7, 11) is 0. The van der Waals surface area contributed by atoms with Crippen LogP contribution in [0.1, 0.15) is 33.1 Å². The van der Waals surface area contributed by atoms with E-state index >= 15 is 0 Å². The molecular formula is C13H20N2O3. The van der Waals surface area contributed by atoms with Crippen LogP contribution in [0.2, 0.25) is 0 Å². The Morgan fingerprint density at radius 2 is 2.00 bits per heavy atom. The highest BCUT2D eigenvalue weighted by atomic mass is 16.5. The molecule has 3 rings (SSSR count). The molecular weight excluding hydrogens is 232 g/mol. The summed E-state index contributed by atoms with van der Waals surface area (Å²) in [6.07, 6.45) is 2.95. The molecule has 0 spiro atoms. The Labute approximate surface area is 107 Å². The predicted octanol–water partition coefficient (Wildman–Crippen LogP) is 0.291. The van der Waals surface area contributed by atoms with Crippen molar-refractivity contribution in [3.8, 4) is 0 Å². The average molecular weight is 252 g/mol. The Balaban J connectivity index is 1.91. The first-order chi connectivity index (χ1) is 8.50. The lowest BCUT2D eigenvalue weighted by Crippen LogP contribution is -2.70. The third-order valence-electron chi connectivity index (χ3n) is 4.14. The molecule has 0 radical (unpaired) electrons. The number of nitrogens with one attached hydrogen (secondary N) is 1. The fraction of sp³-hybridized carbons (Fsp3) is 0.846. The molecule has 1 N–H and O–H groups in total. The highest BCUT2D eigenvalue weighted by molar-refractivity contribution is 5.99. The molecule has 1 saturated carbocycles. The normalized spacial score (nSPS) is 35.8. The van der Waals surface area contributed by atoms with Gasteiger partial charge in [-0.05, 0) is 39.0 Å². The van der Waals surface area contributed by atoms with Gasteiger partial charge >= 0.3 is 0 Å². The summed E-state index contributed by atoms with van der Waals surface area (Å²) in [6.45, 7) is 4.81. The number of amides is 2. The van der Waals surface area contributed by atoms with Gasteiger partial charge in [-0.2, -0.15) is 0 Å². The van der Waals surface area contributed by atoms with Crippen molar-refractivity contribution in [2.24, 2.45) is 5.92 Å². The van der Waals surface area contributed by atoms with Crippen molar-refractivity contribution in [3.05, 3.63) is 0 Å². The molecule has 2 aliphatic heterocycles. The summed E-state index contributed by atoms with van der Waals surface area (Å²) in [5, 5.41) is 2.86. The van der Waals surface area contributed by atoms with Crippen LogP contribution in [0.3, 0.4) is 0 Å². The van der Waals surface area contributed by atoms with E-state index in [1.54, 1.807) is 13.8 Å². The van der Waals surface area contributed by atoms with E-state index in [1.807, 2.05) is 4.90 Å². The number of ether oxygens (including phenoxy) is 1. The van der Waals surface area contributed by atoms with Crippen molar-refractivity contribution < 1.29 is 14.3 Å². The molecule has 2 atom stereocenters. The lowest BCUT2D eigenvalue weighted by molar-refractivity contribution is -0.157. The minimum absolute atomic E-state index is 0.00833. The fourth-order valence-electron chi connectivity index (χ4n) is 3.00. The number of piperazine rings is 1. The van der Waals surface area contributed by atoms with Crippen LogP contribution in [0, 0.1) is 5.92 Å². The molecule has 2 heterocycles. The highest BCUT2D eigenvalue weighted by Crippen LogP contribution is 2.39. The van der Waals surface area contributed by atoms with Gasteiger partial charge in [0.25, 0.3) is 0 Å². The van der Waals surface area contributed by atoms with Crippen LogP contribution in [0.5, 0.6) is 0 Å². The van der Waals surface area contributed by atoms with Crippen molar-refractivity contribution in [2.45, 2.75) is 50.7 Å². The molecule has 0 aromatic carbocycles. The second kappa shape index (κ2) is 3.95. The Hall–Kier alpha value is -1.10. The van der Waals surface area contributed by atoms with Crippen LogP contribution < -0.4 is 5.32 Å². The zero-order chi connectivity index (χ0) is 12.9. The first kappa shape index (κ1) is 12.0. The van der Waals surface area contributed by atoms with Gasteiger partial charge in [0.05, 0.1) is 12.6 Å². The third-order valence-corrected chi connectivity index (χ3v) is 4.14. The second-order valence-corrected chi connectivity index (χ2v) is 6.13. The standard InChI is InChI=1S/C13H20N2O3/c1-13(2)12(17)15(9-5-6-18-7-9)10(8-3-4-8)11(16)14-13/h8-10H,3-7H2,1-2H3,(H,14,16). The van der Waals surface area contributed by atoms with Crippen LogP contribution in [0.25, 0.3) is 0 Å². The van der Waals surface area contributed by atoms with Crippen LogP contribution in [-0.2, 0) is 14.3 Å².